The minimum absolute atomic E-state index is 0.537. The van der Waals surface area contributed by atoms with Crippen molar-refractivity contribution < 1.29 is 0 Å². The molecule has 0 bridgehead atoms. The van der Waals surface area contributed by atoms with E-state index in [0.29, 0.717) is 5.82 Å². The Kier molecular flexibility index (Phi) is 7.97. The molecule has 0 fully saturated rings. The Balaban J connectivity index is 1.11. The van der Waals surface area contributed by atoms with Crippen LogP contribution < -0.4 is 4.90 Å². The molecule has 0 N–H and O–H groups in total. The zero-order valence-electron chi connectivity index (χ0n) is 31.0. The number of anilines is 3. The van der Waals surface area contributed by atoms with Crippen molar-refractivity contribution in [3.05, 3.63) is 235 Å². The number of rotatable bonds is 5. The van der Waals surface area contributed by atoms with Crippen molar-refractivity contribution in [3.63, 3.8) is 0 Å². The number of aromatic nitrogens is 2. The van der Waals surface area contributed by atoms with Gasteiger partial charge in [0.2, 0.25) is 0 Å². The van der Waals surface area contributed by atoms with E-state index in [4.69, 9.17) is 9.97 Å². The molecule has 8 aromatic carbocycles. The highest BCUT2D eigenvalue weighted by molar-refractivity contribution is 7.99. The predicted molar refractivity (Wildman–Crippen MR) is 234 cm³/mol. The Hall–Kier alpha value is -7.01. The van der Waals surface area contributed by atoms with Crippen LogP contribution >= 0.6 is 11.8 Å². The van der Waals surface area contributed by atoms with Crippen molar-refractivity contribution in [1.82, 2.24) is 9.97 Å². The fourth-order valence-electron chi connectivity index (χ4n) is 8.80. The fourth-order valence-corrected chi connectivity index (χ4v) is 10.00. The average molecular weight is 746 g/mol. The number of benzene rings is 8. The molecule has 1 aromatic heterocycles. The summed E-state index contributed by atoms with van der Waals surface area (Å²) in [6, 6.07) is 76.3. The second kappa shape index (κ2) is 13.6. The third kappa shape index (κ3) is 5.44. The summed E-state index contributed by atoms with van der Waals surface area (Å²) in [4.78, 5) is 15.3. The largest absolute Gasteiger partial charge is 0.310 e. The highest BCUT2D eigenvalue weighted by Crippen LogP contribution is 2.63. The minimum Gasteiger partial charge on any atom is -0.310 e. The quantitative estimate of drug-likeness (QED) is 0.175. The third-order valence-electron chi connectivity index (χ3n) is 11.3. The van der Waals surface area contributed by atoms with Gasteiger partial charge in [0.15, 0.2) is 5.82 Å². The molecule has 3 heterocycles. The molecule has 2 aliphatic heterocycles. The molecule has 2 aliphatic rings. The summed E-state index contributed by atoms with van der Waals surface area (Å²) in [5, 5.41) is 0. The SMILES string of the molecule is c1ccc(-c2ccc3c(c2)C2(c4ccccc4Sc4ccccc42)c2ccccc2N3c2ccc(-c3nc(-c4ccccc4)cc(-c4ccccc4)n3)cc2)cc1. The number of nitrogens with zero attached hydrogens (tertiary/aromatic N) is 3. The maximum absolute atomic E-state index is 5.12. The molecule has 1 spiro atoms. The third-order valence-corrected chi connectivity index (χ3v) is 12.5. The molecule has 0 atom stereocenters. The van der Waals surface area contributed by atoms with Gasteiger partial charge in [0.05, 0.1) is 28.2 Å². The first-order valence-electron chi connectivity index (χ1n) is 19.3. The summed E-state index contributed by atoms with van der Waals surface area (Å²) in [5.74, 6) is 0.695. The van der Waals surface area contributed by atoms with Gasteiger partial charge in [0, 0.05) is 32.2 Å². The summed E-state index contributed by atoms with van der Waals surface area (Å²) in [6.07, 6.45) is 0. The molecule has 11 rings (SSSR count). The van der Waals surface area contributed by atoms with Gasteiger partial charge in [0.25, 0.3) is 0 Å². The summed E-state index contributed by atoms with van der Waals surface area (Å²) in [6.45, 7) is 0. The van der Waals surface area contributed by atoms with Crippen molar-refractivity contribution in [2.75, 3.05) is 4.90 Å². The van der Waals surface area contributed by atoms with Gasteiger partial charge in [0.1, 0.15) is 0 Å². The molecule has 0 saturated carbocycles. The van der Waals surface area contributed by atoms with Gasteiger partial charge < -0.3 is 4.90 Å². The first-order chi connectivity index (χ1) is 28.3. The monoisotopic (exact) mass is 745 g/mol. The number of fused-ring (bicyclic) bond motifs is 8. The molecular formula is C53H35N3S. The van der Waals surface area contributed by atoms with Gasteiger partial charge in [-0.2, -0.15) is 0 Å². The fraction of sp³-hybridized carbons (Fsp3) is 0.0189. The first kappa shape index (κ1) is 33.3. The molecule has 0 unspecified atom stereocenters. The van der Waals surface area contributed by atoms with Crippen molar-refractivity contribution in [2.45, 2.75) is 15.2 Å². The topological polar surface area (TPSA) is 29.0 Å². The molecule has 0 radical (unpaired) electrons. The molecule has 9 aromatic rings. The van der Waals surface area contributed by atoms with Crippen LogP contribution in [0.4, 0.5) is 17.1 Å². The lowest BCUT2D eigenvalue weighted by atomic mass is 9.62. The van der Waals surface area contributed by atoms with Gasteiger partial charge in [-0.3, -0.25) is 0 Å². The summed E-state index contributed by atoms with van der Waals surface area (Å²) >= 11 is 1.87. The van der Waals surface area contributed by atoms with E-state index in [0.717, 1.165) is 45.1 Å². The molecule has 4 heteroatoms. The lowest BCUT2D eigenvalue weighted by molar-refractivity contribution is 0.692. The minimum atomic E-state index is -0.537. The lowest BCUT2D eigenvalue weighted by Crippen LogP contribution is -2.39. The maximum atomic E-state index is 5.12. The highest BCUT2D eigenvalue weighted by Gasteiger charge is 2.50. The molecule has 0 amide bonds. The molecule has 268 valence electrons. The van der Waals surface area contributed by atoms with E-state index in [-0.39, 0.29) is 0 Å². The molecule has 57 heavy (non-hydrogen) atoms. The van der Waals surface area contributed by atoms with E-state index < -0.39 is 5.41 Å². The van der Waals surface area contributed by atoms with Crippen molar-refractivity contribution in [2.24, 2.45) is 0 Å². The zero-order valence-corrected chi connectivity index (χ0v) is 31.8. The first-order valence-corrected chi connectivity index (χ1v) is 20.1. The smallest absolute Gasteiger partial charge is 0.160 e. The Morgan fingerprint density at radius 1 is 0.351 bits per heavy atom. The average Bonchev–Trinajstić information content (AvgIpc) is 3.30. The zero-order chi connectivity index (χ0) is 37.8. The predicted octanol–water partition coefficient (Wildman–Crippen LogP) is 13.8. The second-order valence-corrected chi connectivity index (χ2v) is 15.6. The number of hydrogen-bond donors (Lipinski definition) is 0. The normalized spacial score (nSPS) is 13.3. The van der Waals surface area contributed by atoms with Gasteiger partial charge in [-0.05, 0) is 94.0 Å². The van der Waals surface area contributed by atoms with Crippen LogP contribution in [0.1, 0.15) is 22.3 Å². The van der Waals surface area contributed by atoms with Crippen LogP contribution in [-0.2, 0) is 5.41 Å². The number of para-hydroxylation sites is 1. The van der Waals surface area contributed by atoms with Crippen LogP contribution in [0.5, 0.6) is 0 Å². The van der Waals surface area contributed by atoms with Crippen LogP contribution in [0.25, 0.3) is 45.0 Å². The van der Waals surface area contributed by atoms with Gasteiger partial charge in [-0.15, -0.1) is 0 Å². The van der Waals surface area contributed by atoms with Crippen LogP contribution in [0, 0.1) is 0 Å². The van der Waals surface area contributed by atoms with E-state index in [1.54, 1.807) is 0 Å². The van der Waals surface area contributed by atoms with E-state index in [1.165, 1.54) is 43.2 Å². The molecule has 0 saturated heterocycles. The Bertz CT molecular complexity index is 2820. The summed E-state index contributed by atoms with van der Waals surface area (Å²) < 4.78 is 0. The van der Waals surface area contributed by atoms with Crippen molar-refractivity contribution >= 4 is 28.8 Å². The van der Waals surface area contributed by atoms with E-state index >= 15 is 0 Å². The van der Waals surface area contributed by atoms with Crippen LogP contribution in [0.2, 0.25) is 0 Å². The lowest BCUT2D eigenvalue weighted by Gasteiger charge is -2.49. The molecule has 0 aliphatic carbocycles. The molecular weight excluding hydrogens is 711 g/mol. The summed E-state index contributed by atoms with van der Waals surface area (Å²) in [7, 11) is 0. The van der Waals surface area contributed by atoms with Crippen LogP contribution in [0.15, 0.2) is 222 Å². The van der Waals surface area contributed by atoms with Gasteiger partial charge >= 0.3 is 0 Å². The maximum Gasteiger partial charge on any atom is 0.160 e. The van der Waals surface area contributed by atoms with Crippen molar-refractivity contribution in [1.29, 1.82) is 0 Å². The van der Waals surface area contributed by atoms with Crippen LogP contribution in [-0.4, -0.2) is 9.97 Å². The van der Waals surface area contributed by atoms with Crippen LogP contribution in [0.3, 0.4) is 0 Å². The second-order valence-electron chi connectivity index (χ2n) is 14.5. The molecule has 3 nitrogen and oxygen atoms in total. The van der Waals surface area contributed by atoms with Crippen molar-refractivity contribution in [3.8, 4) is 45.0 Å². The van der Waals surface area contributed by atoms with Gasteiger partial charge in [-0.25, -0.2) is 9.97 Å². The van der Waals surface area contributed by atoms with E-state index in [9.17, 15) is 0 Å². The Morgan fingerprint density at radius 2 is 0.825 bits per heavy atom. The number of hydrogen-bond acceptors (Lipinski definition) is 4. The van der Waals surface area contributed by atoms with Gasteiger partial charge in [-0.1, -0.05) is 163 Å². The highest BCUT2D eigenvalue weighted by atomic mass is 32.2. The summed E-state index contributed by atoms with van der Waals surface area (Å²) in [5.41, 5.74) is 15.3. The Morgan fingerprint density at radius 3 is 1.42 bits per heavy atom. The Labute approximate surface area is 337 Å². The van der Waals surface area contributed by atoms with E-state index in [2.05, 4.69) is 205 Å². The van der Waals surface area contributed by atoms with E-state index in [1.807, 2.05) is 23.9 Å². The standard InChI is InChI=1S/C53H35N3S/c1-4-16-36(17-5-1)40-30-33-49-45(34-40)53(43-23-11-14-26-50(43)57-51-27-15-12-24-44(51)53)42-22-10-13-25-48(42)56(49)41-31-28-39(29-32-41)52-54-46(37-18-6-2-7-19-37)35-47(55-52)38-20-8-3-9-21-38/h1-35H.